The van der Waals surface area contributed by atoms with Crippen LogP contribution in [0, 0.1) is 0 Å². The van der Waals surface area contributed by atoms with Crippen molar-refractivity contribution in [1.29, 1.82) is 0 Å². The molecular formula is C19H30O4. The highest BCUT2D eigenvalue weighted by Crippen LogP contribution is 2.09. The maximum absolute atomic E-state index is 11.7. The summed E-state index contributed by atoms with van der Waals surface area (Å²) < 4.78 is 4.45. The molecular weight excluding hydrogens is 292 g/mol. The summed E-state index contributed by atoms with van der Waals surface area (Å²) in [5, 5.41) is 9.42. The predicted molar refractivity (Wildman–Crippen MR) is 93.1 cm³/mol. The number of carbonyl (C=O) groups excluding carboxylic acids is 2. The number of rotatable bonds is 13. The minimum atomic E-state index is -0.391. The number of aliphatic hydroxyl groups is 1. The molecule has 0 aliphatic carbocycles. The standard InChI is InChI=1S/C19H30O4/c1-3-17(20)13-9-7-8-11-15-18(21)14-10-5-4-6-12-16-19(22)23-2/h4-6,10,12,16-17,20H,3,7-9,11,13-15H2,1-2H3/b6-4+,10-5+,16-12+. The van der Waals surface area contributed by atoms with E-state index >= 15 is 0 Å². The van der Waals surface area contributed by atoms with E-state index in [9.17, 15) is 14.7 Å². The van der Waals surface area contributed by atoms with E-state index in [0.717, 1.165) is 38.5 Å². The van der Waals surface area contributed by atoms with Crippen molar-refractivity contribution in [1.82, 2.24) is 0 Å². The second kappa shape index (κ2) is 15.2. The van der Waals surface area contributed by atoms with Gasteiger partial charge in [0.25, 0.3) is 0 Å². The fourth-order valence-corrected chi connectivity index (χ4v) is 1.97. The SMILES string of the molecule is CCC(O)CCCCCCC(=O)C/C=C/C=C/C=C/C(=O)OC. The summed E-state index contributed by atoms with van der Waals surface area (Å²) in [6.07, 6.45) is 16.7. The molecule has 0 fully saturated rings. The Bertz CT molecular complexity index is 408. The average Bonchev–Trinajstić information content (AvgIpc) is 2.56. The first-order chi connectivity index (χ1) is 11.1. The van der Waals surface area contributed by atoms with E-state index in [1.54, 1.807) is 24.3 Å². The smallest absolute Gasteiger partial charge is 0.330 e. The van der Waals surface area contributed by atoms with Crippen LogP contribution in [0.25, 0.3) is 0 Å². The predicted octanol–water partition coefficient (Wildman–Crippen LogP) is 3.90. The number of unbranched alkanes of at least 4 members (excludes halogenated alkanes) is 3. The molecule has 0 aromatic carbocycles. The topological polar surface area (TPSA) is 63.6 Å². The number of esters is 1. The molecule has 0 heterocycles. The zero-order chi connectivity index (χ0) is 17.3. The average molecular weight is 322 g/mol. The van der Waals surface area contributed by atoms with Crippen molar-refractivity contribution in [3.05, 3.63) is 36.5 Å². The van der Waals surface area contributed by atoms with Crippen molar-refractivity contribution < 1.29 is 19.4 Å². The molecule has 0 saturated carbocycles. The van der Waals surface area contributed by atoms with Gasteiger partial charge in [0.05, 0.1) is 13.2 Å². The highest BCUT2D eigenvalue weighted by Gasteiger charge is 2.01. The monoisotopic (exact) mass is 322 g/mol. The lowest BCUT2D eigenvalue weighted by Gasteiger charge is -2.06. The normalized spacial score (nSPS) is 13.2. The van der Waals surface area contributed by atoms with Gasteiger partial charge in [0.2, 0.25) is 0 Å². The van der Waals surface area contributed by atoms with Gasteiger partial charge in [-0.1, -0.05) is 56.6 Å². The van der Waals surface area contributed by atoms with Gasteiger partial charge in [-0.2, -0.15) is 0 Å². The van der Waals surface area contributed by atoms with Crippen molar-refractivity contribution in [2.75, 3.05) is 7.11 Å². The molecule has 0 radical (unpaired) electrons. The highest BCUT2D eigenvalue weighted by molar-refractivity contribution is 5.82. The van der Waals surface area contributed by atoms with Gasteiger partial charge >= 0.3 is 5.97 Å². The molecule has 0 aliphatic heterocycles. The van der Waals surface area contributed by atoms with Crippen LogP contribution in [0.15, 0.2) is 36.5 Å². The number of carbonyl (C=O) groups is 2. The number of Topliss-reactive ketones (excluding diaryl/α,β-unsaturated/α-hetero) is 1. The van der Waals surface area contributed by atoms with Gasteiger partial charge in [-0.15, -0.1) is 0 Å². The van der Waals surface area contributed by atoms with Gasteiger partial charge in [0.1, 0.15) is 5.78 Å². The largest absolute Gasteiger partial charge is 0.466 e. The Morgan fingerprint density at radius 3 is 2.43 bits per heavy atom. The van der Waals surface area contributed by atoms with Crippen LogP contribution in [0.4, 0.5) is 0 Å². The third-order valence-electron chi connectivity index (χ3n) is 3.46. The van der Waals surface area contributed by atoms with Crippen molar-refractivity contribution in [3.8, 4) is 0 Å². The first-order valence-electron chi connectivity index (χ1n) is 8.37. The van der Waals surface area contributed by atoms with Crippen LogP contribution in [0.5, 0.6) is 0 Å². The van der Waals surface area contributed by atoms with Crippen molar-refractivity contribution in [2.24, 2.45) is 0 Å². The van der Waals surface area contributed by atoms with Crippen LogP contribution in [0.1, 0.15) is 58.3 Å². The maximum atomic E-state index is 11.7. The van der Waals surface area contributed by atoms with E-state index < -0.39 is 5.97 Å². The second-order valence-corrected chi connectivity index (χ2v) is 5.45. The van der Waals surface area contributed by atoms with E-state index in [1.165, 1.54) is 13.2 Å². The van der Waals surface area contributed by atoms with Crippen LogP contribution in [-0.2, 0) is 14.3 Å². The van der Waals surface area contributed by atoms with Gasteiger partial charge in [-0.05, 0) is 19.3 Å². The Hall–Kier alpha value is -1.68. The van der Waals surface area contributed by atoms with E-state index in [0.29, 0.717) is 12.8 Å². The number of methoxy groups -OCH3 is 1. The third-order valence-corrected chi connectivity index (χ3v) is 3.46. The first-order valence-corrected chi connectivity index (χ1v) is 8.37. The lowest BCUT2D eigenvalue weighted by atomic mass is 10.0. The quantitative estimate of drug-likeness (QED) is 0.242. The van der Waals surface area contributed by atoms with Crippen LogP contribution in [0.2, 0.25) is 0 Å². The fourth-order valence-electron chi connectivity index (χ4n) is 1.97. The number of hydrogen-bond donors (Lipinski definition) is 1. The van der Waals surface area contributed by atoms with Crippen molar-refractivity contribution >= 4 is 11.8 Å². The molecule has 1 atom stereocenters. The lowest BCUT2D eigenvalue weighted by molar-refractivity contribution is -0.134. The zero-order valence-electron chi connectivity index (χ0n) is 14.4. The molecule has 1 unspecified atom stereocenters. The Morgan fingerprint density at radius 2 is 1.74 bits per heavy atom. The van der Waals surface area contributed by atoms with E-state index in [1.807, 2.05) is 13.0 Å². The van der Waals surface area contributed by atoms with Crippen LogP contribution in [0.3, 0.4) is 0 Å². The van der Waals surface area contributed by atoms with Gasteiger partial charge in [0, 0.05) is 18.9 Å². The van der Waals surface area contributed by atoms with Crippen LogP contribution in [-0.4, -0.2) is 30.1 Å². The summed E-state index contributed by atoms with van der Waals surface area (Å²) in [6.45, 7) is 1.99. The Morgan fingerprint density at radius 1 is 1.04 bits per heavy atom. The van der Waals surface area contributed by atoms with E-state index in [4.69, 9.17) is 0 Å². The van der Waals surface area contributed by atoms with Crippen molar-refractivity contribution in [2.45, 2.75) is 64.4 Å². The molecule has 0 aromatic heterocycles. The molecule has 4 heteroatoms. The van der Waals surface area contributed by atoms with Crippen LogP contribution >= 0.6 is 0 Å². The van der Waals surface area contributed by atoms with Gasteiger partial charge in [0.15, 0.2) is 0 Å². The minimum Gasteiger partial charge on any atom is -0.466 e. The molecule has 0 aromatic rings. The number of ether oxygens (including phenoxy) is 1. The van der Waals surface area contributed by atoms with Crippen LogP contribution < -0.4 is 0 Å². The Kier molecular flexibility index (Phi) is 14.1. The zero-order valence-corrected chi connectivity index (χ0v) is 14.4. The molecule has 0 bridgehead atoms. The number of hydrogen-bond acceptors (Lipinski definition) is 4. The summed E-state index contributed by atoms with van der Waals surface area (Å²) in [7, 11) is 1.33. The molecule has 0 amide bonds. The van der Waals surface area contributed by atoms with Gasteiger partial charge in [-0.3, -0.25) is 4.79 Å². The molecule has 4 nitrogen and oxygen atoms in total. The molecule has 23 heavy (non-hydrogen) atoms. The second-order valence-electron chi connectivity index (χ2n) is 5.45. The Balaban J connectivity index is 3.60. The molecule has 0 spiro atoms. The molecule has 0 aliphatic rings. The summed E-state index contributed by atoms with van der Waals surface area (Å²) in [6, 6.07) is 0. The molecule has 0 rings (SSSR count). The van der Waals surface area contributed by atoms with Crippen molar-refractivity contribution in [3.63, 3.8) is 0 Å². The summed E-state index contributed by atoms with van der Waals surface area (Å²) >= 11 is 0. The first kappa shape index (κ1) is 21.3. The summed E-state index contributed by atoms with van der Waals surface area (Å²) in [4.78, 5) is 22.4. The van der Waals surface area contributed by atoms with E-state index in [-0.39, 0.29) is 11.9 Å². The lowest BCUT2D eigenvalue weighted by Crippen LogP contribution is -2.03. The fraction of sp³-hybridized carbons (Fsp3) is 0.579. The number of aliphatic hydroxyl groups excluding tert-OH is 1. The summed E-state index contributed by atoms with van der Waals surface area (Å²) in [5.41, 5.74) is 0. The molecule has 1 N–H and O–H groups in total. The highest BCUT2D eigenvalue weighted by atomic mass is 16.5. The van der Waals surface area contributed by atoms with Gasteiger partial charge in [-0.25, -0.2) is 4.79 Å². The van der Waals surface area contributed by atoms with E-state index in [2.05, 4.69) is 4.74 Å². The maximum Gasteiger partial charge on any atom is 0.330 e. The summed E-state index contributed by atoms with van der Waals surface area (Å²) in [5.74, 6) is -0.147. The minimum absolute atomic E-state index is 0.169. The molecule has 0 saturated heterocycles. The van der Waals surface area contributed by atoms with Gasteiger partial charge < -0.3 is 9.84 Å². The third kappa shape index (κ3) is 15.0. The number of ketones is 1. The molecule has 130 valence electrons. The number of allylic oxidation sites excluding steroid dienone is 5. The Labute approximate surface area is 139 Å².